The van der Waals surface area contributed by atoms with Crippen LogP contribution in [0.25, 0.3) is 0 Å². The van der Waals surface area contributed by atoms with Gasteiger partial charge in [0.05, 0.1) is 6.10 Å². The van der Waals surface area contributed by atoms with Crippen LogP contribution < -0.4 is 0 Å². The molecule has 9 atom stereocenters. The van der Waals surface area contributed by atoms with Crippen molar-refractivity contribution in [1.29, 1.82) is 0 Å². The third-order valence-corrected chi connectivity index (χ3v) is 11.6. The summed E-state index contributed by atoms with van der Waals surface area (Å²) in [6.07, 6.45) is 19.3. The fraction of sp³-hybridized carbons (Fsp3) is 0.931. The minimum absolute atomic E-state index is 0.326. The molecule has 4 saturated carbocycles. The van der Waals surface area contributed by atoms with Gasteiger partial charge in [-0.25, -0.2) is 0 Å². The molecule has 0 saturated heterocycles. The van der Waals surface area contributed by atoms with Crippen LogP contribution in [-0.4, -0.2) is 13.2 Å². The molecule has 4 rings (SSSR count). The van der Waals surface area contributed by atoms with Gasteiger partial charge in [0.15, 0.2) is 0 Å². The van der Waals surface area contributed by atoms with Gasteiger partial charge in [0.2, 0.25) is 0 Å². The van der Waals surface area contributed by atoms with E-state index in [-0.39, 0.29) is 0 Å². The molecule has 0 N–H and O–H groups in total. The summed E-state index contributed by atoms with van der Waals surface area (Å²) in [5.74, 6) is 5.63. The Morgan fingerprint density at radius 2 is 1.60 bits per heavy atom. The fourth-order valence-corrected chi connectivity index (χ4v) is 10.2. The lowest BCUT2D eigenvalue weighted by Gasteiger charge is -2.65. The highest BCUT2D eigenvalue weighted by Crippen LogP contribution is 2.70. The van der Waals surface area contributed by atoms with Crippen molar-refractivity contribution in [3.8, 4) is 0 Å². The van der Waals surface area contributed by atoms with E-state index < -0.39 is 0 Å². The summed E-state index contributed by atoms with van der Waals surface area (Å²) in [5, 5.41) is 0. The van der Waals surface area contributed by atoms with E-state index in [0.29, 0.717) is 22.3 Å². The standard InChI is InChI=1S/C29H50O/c1-8-9-10-11-20(2)22-13-14-23-21-12-15-25-27(3,4)26(30-7)17-19-29(25,6)24(21)16-18-28(22,23)5/h8-9,20-26H,10-19H2,1-7H3/b9-8-. The summed E-state index contributed by atoms with van der Waals surface area (Å²) in [6, 6.07) is 0. The van der Waals surface area contributed by atoms with Crippen molar-refractivity contribution in [3.63, 3.8) is 0 Å². The number of hydrogen-bond acceptors (Lipinski definition) is 1. The number of hydrogen-bond donors (Lipinski definition) is 0. The Morgan fingerprint density at radius 1 is 0.900 bits per heavy atom. The molecular formula is C29H50O. The van der Waals surface area contributed by atoms with Crippen LogP contribution in [0, 0.1) is 51.8 Å². The third-order valence-electron chi connectivity index (χ3n) is 11.6. The van der Waals surface area contributed by atoms with E-state index in [4.69, 9.17) is 4.74 Å². The first-order valence-electron chi connectivity index (χ1n) is 13.3. The zero-order chi connectivity index (χ0) is 21.7. The summed E-state index contributed by atoms with van der Waals surface area (Å²) in [7, 11) is 1.95. The van der Waals surface area contributed by atoms with Crippen molar-refractivity contribution >= 4 is 0 Å². The quantitative estimate of drug-likeness (QED) is 0.411. The lowest BCUT2D eigenvalue weighted by molar-refractivity contribution is -0.185. The first-order chi connectivity index (χ1) is 14.2. The minimum Gasteiger partial charge on any atom is -0.381 e. The Labute approximate surface area is 187 Å². The molecule has 0 spiro atoms. The van der Waals surface area contributed by atoms with E-state index in [1.165, 1.54) is 64.2 Å². The molecule has 0 aromatic rings. The lowest BCUT2D eigenvalue weighted by Crippen LogP contribution is -2.59. The molecule has 0 aliphatic heterocycles. The van der Waals surface area contributed by atoms with Gasteiger partial charge in [-0.2, -0.15) is 0 Å². The molecule has 0 bridgehead atoms. The topological polar surface area (TPSA) is 9.23 Å². The van der Waals surface area contributed by atoms with Crippen molar-refractivity contribution in [2.24, 2.45) is 51.8 Å². The fourth-order valence-electron chi connectivity index (χ4n) is 10.2. The molecule has 1 heteroatoms. The molecule has 0 aromatic carbocycles. The van der Waals surface area contributed by atoms with E-state index in [1.807, 2.05) is 7.11 Å². The number of fused-ring (bicyclic) bond motifs is 5. The minimum atomic E-state index is 0.326. The zero-order valence-electron chi connectivity index (χ0n) is 21.2. The van der Waals surface area contributed by atoms with Crippen molar-refractivity contribution in [1.82, 2.24) is 0 Å². The van der Waals surface area contributed by atoms with Gasteiger partial charge in [0.1, 0.15) is 0 Å². The molecule has 4 aliphatic carbocycles. The van der Waals surface area contributed by atoms with Gasteiger partial charge in [0.25, 0.3) is 0 Å². The zero-order valence-corrected chi connectivity index (χ0v) is 21.2. The smallest absolute Gasteiger partial charge is 0.0625 e. The first kappa shape index (κ1) is 22.9. The second-order valence-corrected chi connectivity index (χ2v) is 12.9. The van der Waals surface area contributed by atoms with Crippen molar-refractivity contribution in [2.75, 3.05) is 7.11 Å². The maximum atomic E-state index is 6.00. The molecule has 0 aromatic heterocycles. The molecule has 4 fully saturated rings. The van der Waals surface area contributed by atoms with E-state index in [2.05, 4.69) is 53.7 Å². The number of allylic oxidation sites excluding steroid dienone is 2. The van der Waals surface area contributed by atoms with E-state index in [1.54, 1.807) is 0 Å². The average Bonchev–Trinajstić information content (AvgIpc) is 3.05. The van der Waals surface area contributed by atoms with Crippen LogP contribution in [0.1, 0.15) is 106 Å². The van der Waals surface area contributed by atoms with Crippen molar-refractivity contribution in [3.05, 3.63) is 12.2 Å². The summed E-state index contributed by atoms with van der Waals surface area (Å²) in [4.78, 5) is 0. The number of methoxy groups -OCH3 is 1. The van der Waals surface area contributed by atoms with Crippen LogP contribution in [0.2, 0.25) is 0 Å². The molecule has 0 amide bonds. The Hall–Kier alpha value is -0.300. The molecular weight excluding hydrogens is 364 g/mol. The average molecular weight is 415 g/mol. The lowest BCUT2D eigenvalue weighted by atomic mass is 9.41. The van der Waals surface area contributed by atoms with Crippen LogP contribution in [0.4, 0.5) is 0 Å². The molecule has 4 aliphatic rings. The largest absolute Gasteiger partial charge is 0.381 e. The molecule has 0 radical (unpaired) electrons. The highest BCUT2D eigenvalue weighted by molar-refractivity contribution is 5.12. The Bertz CT molecular complexity index is 634. The summed E-state index contributed by atoms with van der Waals surface area (Å²) in [6.45, 7) is 15.2. The second-order valence-electron chi connectivity index (χ2n) is 12.9. The van der Waals surface area contributed by atoms with Crippen LogP contribution in [0.15, 0.2) is 12.2 Å². The van der Waals surface area contributed by atoms with Gasteiger partial charge in [-0.05, 0) is 123 Å². The van der Waals surface area contributed by atoms with Crippen LogP contribution in [0.3, 0.4) is 0 Å². The van der Waals surface area contributed by atoms with Crippen LogP contribution >= 0.6 is 0 Å². The molecule has 0 heterocycles. The summed E-state index contributed by atoms with van der Waals surface area (Å²) >= 11 is 0. The van der Waals surface area contributed by atoms with Crippen LogP contribution in [0.5, 0.6) is 0 Å². The maximum absolute atomic E-state index is 6.00. The van der Waals surface area contributed by atoms with Gasteiger partial charge < -0.3 is 4.74 Å². The maximum Gasteiger partial charge on any atom is 0.0625 e. The molecule has 30 heavy (non-hydrogen) atoms. The molecule has 172 valence electrons. The van der Waals surface area contributed by atoms with E-state index >= 15 is 0 Å². The highest BCUT2D eigenvalue weighted by Gasteiger charge is 2.63. The SMILES string of the molecule is C/C=C\CCC(C)C1CCC2C3CCC4C(C)(C)C(OC)CCC4(C)C3CCC12C. The number of rotatable bonds is 5. The van der Waals surface area contributed by atoms with Gasteiger partial charge >= 0.3 is 0 Å². The summed E-state index contributed by atoms with van der Waals surface area (Å²) < 4.78 is 6.00. The Kier molecular flexibility index (Phi) is 6.28. The van der Waals surface area contributed by atoms with E-state index in [9.17, 15) is 0 Å². The van der Waals surface area contributed by atoms with Crippen molar-refractivity contribution < 1.29 is 4.74 Å². The summed E-state index contributed by atoms with van der Waals surface area (Å²) in [5.41, 5.74) is 1.48. The molecule has 1 nitrogen and oxygen atoms in total. The predicted octanol–water partition coefficient (Wildman–Crippen LogP) is 8.29. The van der Waals surface area contributed by atoms with E-state index in [0.717, 1.165) is 35.5 Å². The number of ether oxygens (including phenoxy) is 1. The second kappa shape index (κ2) is 8.24. The van der Waals surface area contributed by atoms with Gasteiger partial charge in [-0.3, -0.25) is 0 Å². The normalized spacial score (nSPS) is 48.8. The highest BCUT2D eigenvalue weighted by atomic mass is 16.5. The van der Waals surface area contributed by atoms with Gasteiger partial charge in [-0.15, -0.1) is 0 Å². The monoisotopic (exact) mass is 414 g/mol. The Balaban J connectivity index is 1.54. The van der Waals surface area contributed by atoms with Gasteiger partial charge in [0, 0.05) is 7.11 Å². The first-order valence-corrected chi connectivity index (χ1v) is 13.3. The van der Waals surface area contributed by atoms with Gasteiger partial charge in [-0.1, -0.05) is 46.8 Å². The van der Waals surface area contributed by atoms with Crippen LogP contribution in [-0.2, 0) is 4.74 Å². The predicted molar refractivity (Wildman–Crippen MR) is 128 cm³/mol. The molecule has 9 unspecified atom stereocenters. The Morgan fingerprint density at radius 3 is 2.30 bits per heavy atom. The van der Waals surface area contributed by atoms with Crippen molar-refractivity contribution in [2.45, 2.75) is 112 Å². The third kappa shape index (κ3) is 3.36.